The highest BCUT2D eigenvalue weighted by atomic mass is 16.6. The Morgan fingerprint density at radius 1 is 1.10 bits per heavy atom. The fraction of sp³-hybridized carbons (Fsp3) is 0.773. The Bertz CT molecular complexity index is 574. The van der Waals surface area contributed by atoms with Crippen LogP contribution in [0.1, 0.15) is 73.1 Å². The Kier molecular flexibility index (Phi) is 14.0. The Balaban J connectivity index is 4.12. The second kappa shape index (κ2) is 15.0. The molecule has 2 atom stereocenters. The van der Waals surface area contributed by atoms with Crippen LogP contribution in [-0.4, -0.2) is 54.0 Å². The molecule has 0 spiro atoms. The number of rotatable bonds is 15. The molecule has 8 heteroatoms. The van der Waals surface area contributed by atoms with E-state index in [1.54, 1.807) is 19.9 Å². The van der Waals surface area contributed by atoms with Gasteiger partial charge in [0, 0.05) is 44.5 Å². The van der Waals surface area contributed by atoms with Crippen LogP contribution in [0.15, 0.2) is 11.6 Å². The first-order valence-electron chi connectivity index (χ1n) is 10.7. The Morgan fingerprint density at radius 2 is 1.73 bits per heavy atom. The van der Waals surface area contributed by atoms with Crippen molar-refractivity contribution >= 4 is 17.8 Å². The van der Waals surface area contributed by atoms with Crippen molar-refractivity contribution in [3.63, 3.8) is 0 Å². The fourth-order valence-electron chi connectivity index (χ4n) is 2.98. The average Bonchev–Trinajstić information content (AvgIpc) is 2.68. The van der Waals surface area contributed by atoms with E-state index in [1.165, 1.54) is 0 Å². The lowest BCUT2D eigenvalue weighted by atomic mass is 9.82. The number of amides is 2. The molecule has 0 fully saturated rings. The van der Waals surface area contributed by atoms with Gasteiger partial charge in [-0.25, -0.2) is 4.79 Å². The van der Waals surface area contributed by atoms with Crippen LogP contribution in [0.4, 0.5) is 0 Å². The summed E-state index contributed by atoms with van der Waals surface area (Å²) in [5, 5.41) is 24.2. The van der Waals surface area contributed by atoms with Crippen LogP contribution in [0.5, 0.6) is 0 Å². The molecule has 0 aromatic rings. The van der Waals surface area contributed by atoms with E-state index < -0.39 is 12.3 Å². The van der Waals surface area contributed by atoms with Gasteiger partial charge < -0.3 is 25.6 Å². The molecule has 2 amide bonds. The maximum atomic E-state index is 12.0. The third-order valence-corrected chi connectivity index (χ3v) is 4.80. The van der Waals surface area contributed by atoms with Crippen molar-refractivity contribution in [3.8, 4) is 0 Å². The van der Waals surface area contributed by atoms with Crippen LogP contribution >= 0.6 is 0 Å². The van der Waals surface area contributed by atoms with Crippen LogP contribution in [0.2, 0.25) is 0 Å². The van der Waals surface area contributed by atoms with Gasteiger partial charge in [0.1, 0.15) is 0 Å². The van der Waals surface area contributed by atoms with E-state index in [9.17, 15) is 19.5 Å². The summed E-state index contributed by atoms with van der Waals surface area (Å²) in [4.78, 5) is 35.2. The number of aliphatic hydroxyl groups excluding tert-OH is 2. The number of allylic oxidation sites excluding steroid dienone is 1. The molecule has 0 rings (SSSR count). The normalized spacial score (nSPS) is 14.0. The highest BCUT2D eigenvalue weighted by Crippen LogP contribution is 2.26. The van der Waals surface area contributed by atoms with Crippen molar-refractivity contribution in [2.24, 2.45) is 11.3 Å². The maximum Gasteiger partial charge on any atom is 0.335 e. The lowest BCUT2D eigenvalue weighted by molar-refractivity contribution is -0.164. The van der Waals surface area contributed by atoms with Gasteiger partial charge in [0.2, 0.25) is 18.1 Å². The molecule has 0 aliphatic heterocycles. The largest absolute Gasteiger partial charge is 0.433 e. The second-order valence-electron chi connectivity index (χ2n) is 8.59. The molecule has 0 aliphatic carbocycles. The molecule has 0 aromatic carbocycles. The standard InChI is InChI=1S/C22H40N2O6/c1-6-17(3)21(29)30-20(28)10-9-19(27)24-15-22(4,5)14-16(2)11-12-23-18(26)8-7-13-25/h6,16,20,25,28H,7-15H2,1-5H3,(H,23,26)(H,24,27). The lowest BCUT2D eigenvalue weighted by Crippen LogP contribution is -2.36. The first kappa shape index (κ1) is 28.1. The van der Waals surface area contributed by atoms with E-state index in [0.29, 0.717) is 37.4 Å². The quantitative estimate of drug-likeness (QED) is 0.180. The predicted molar refractivity (Wildman–Crippen MR) is 115 cm³/mol. The lowest BCUT2D eigenvalue weighted by Gasteiger charge is -2.28. The molecular formula is C22H40N2O6. The minimum Gasteiger partial charge on any atom is -0.433 e. The van der Waals surface area contributed by atoms with Gasteiger partial charge in [0.05, 0.1) is 0 Å². The summed E-state index contributed by atoms with van der Waals surface area (Å²) < 4.78 is 4.85. The van der Waals surface area contributed by atoms with Crippen LogP contribution < -0.4 is 10.6 Å². The van der Waals surface area contributed by atoms with Crippen molar-refractivity contribution in [2.45, 2.75) is 79.4 Å². The number of aliphatic hydroxyl groups is 2. The van der Waals surface area contributed by atoms with Gasteiger partial charge in [0.25, 0.3) is 0 Å². The minimum atomic E-state index is -1.31. The molecule has 4 N–H and O–H groups in total. The van der Waals surface area contributed by atoms with Crippen molar-refractivity contribution in [3.05, 3.63) is 11.6 Å². The predicted octanol–water partition coefficient (Wildman–Crippen LogP) is 2.04. The molecule has 0 saturated heterocycles. The molecule has 0 aliphatic rings. The summed E-state index contributed by atoms with van der Waals surface area (Å²) in [7, 11) is 0. The molecule has 30 heavy (non-hydrogen) atoms. The minimum absolute atomic E-state index is 0.0176. The molecule has 0 saturated carbocycles. The third-order valence-electron chi connectivity index (χ3n) is 4.80. The van der Waals surface area contributed by atoms with Crippen molar-refractivity contribution < 1.29 is 29.3 Å². The van der Waals surface area contributed by atoms with E-state index in [-0.39, 0.29) is 36.7 Å². The first-order chi connectivity index (χ1) is 14.0. The number of nitrogens with one attached hydrogen (secondary N) is 2. The average molecular weight is 429 g/mol. The first-order valence-corrected chi connectivity index (χ1v) is 10.7. The van der Waals surface area contributed by atoms with Gasteiger partial charge in [-0.05, 0) is 44.4 Å². The van der Waals surface area contributed by atoms with Crippen LogP contribution in [0, 0.1) is 11.3 Å². The molecule has 0 aromatic heterocycles. The summed E-state index contributed by atoms with van der Waals surface area (Å²) in [6, 6.07) is 0. The van der Waals surface area contributed by atoms with Gasteiger partial charge in [-0.3, -0.25) is 9.59 Å². The second-order valence-corrected chi connectivity index (χ2v) is 8.59. The number of carbonyl (C=O) groups is 3. The van der Waals surface area contributed by atoms with Gasteiger partial charge >= 0.3 is 5.97 Å². The molecule has 2 unspecified atom stereocenters. The number of ether oxygens (including phenoxy) is 1. The topological polar surface area (TPSA) is 125 Å². The van der Waals surface area contributed by atoms with Gasteiger partial charge in [0.15, 0.2) is 0 Å². The molecular weight excluding hydrogens is 388 g/mol. The summed E-state index contributed by atoms with van der Waals surface area (Å²) >= 11 is 0. The number of carbonyl (C=O) groups excluding carboxylic acids is 3. The van der Waals surface area contributed by atoms with Crippen molar-refractivity contribution in [1.29, 1.82) is 0 Å². The van der Waals surface area contributed by atoms with Crippen LogP contribution in [0.3, 0.4) is 0 Å². The third kappa shape index (κ3) is 14.1. The SMILES string of the molecule is CC=C(C)C(=O)OC(O)CCC(=O)NCC(C)(C)CC(C)CCNC(=O)CCCO. The molecule has 0 radical (unpaired) electrons. The Morgan fingerprint density at radius 3 is 2.33 bits per heavy atom. The molecule has 174 valence electrons. The van der Waals surface area contributed by atoms with Crippen LogP contribution in [-0.2, 0) is 19.1 Å². The highest BCUT2D eigenvalue weighted by Gasteiger charge is 2.22. The van der Waals surface area contributed by atoms with E-state index >= 15 is 0 Å². The Hall–Kier alpha value is -1.93. The molecule has 8 nitrogen and oxygen atoms in total. The van der Waals surface area contributed by atoms with E-state index in [0.717, 1.165) is 12.8 Å². The van der Waals surface area contributed by atoms with E-state index in [2.05, 4.69) is 31.4 Å². The zero-order chi connectivity index (χ0) is 23.2. The summed E-state index contributed by atoms with van der Waals surface area (Å²) in [6.45, 7) is 10.7. The van der Waals surface area contributed by atoms with Crippen molar-refractivity contribution in [2.75, 3.05) is 19.7 Å². The number of hydrogen-bond donors (Lipinski definition) is 4. The zero-order valence-electron chi connectivity index (χ0n) is 19.1. The maximum absolute atomic E-state index is 12.0. The van der Waals surface area contributed by atoms with Crippen LogP contribution in [0.25, 0.3) is 0 Å². The van der Waals surface area contributed by atoms with Gasteiger partial charge in [-0.1, -0.05) is 26.8 Å². The van der Waals surface area contributed by atoms with Gasteiger partial charge in [-0.2, -0.15) is 0 Å². The van der Waals surface area contributed by atoms with Gasteiger partial charge in [-0.15, -0.1) is 0 Å². The highest BCUT2D eigenvalue weighted by molar-refractivity contribution is 5.87. The van der Waals surface area contributed by atoms with E-state index in [1.807, 2.05) is 0 Å². The molecule has 0 bridgehead atoms. The monoisotopic (exact) mass is 428 g/mol. The smallest absolute Gasteiger partial charge is 0.335 e. The summed E-state index contributed by atoms with van der Waals surface area (Å²) in [5.74, 6) is -0.475. The number of hydrogen-bond acceptors (Lipinski definition) is 6. The number of esters is 1. The van der Waals surface area contributed by atoms with Crippen molar-refractivity contribution in [1.82, 2.24) is 10.6 Å². The zero-order valence-corrected chi connectivity index (χ0v) is 19.1. The fourth-order valence-corrected chi connectivity index (χ4v) is 2.98. The Labute approximate surface area is 180 Å². The summed E-state index contributed by atoms with van der Waals surface area (Å²) in [5.41, 5.74) is 0.281. The summed E-state index contributed by atoms with van der Waals surface area (Å²) in [6.07, 6.45) is 2.92. The van der Waals surface area contributed by atoms with E-state index in [4.69, 9.17) is 9.84 Å². The molecule has 0 heterocycles.